The zero-order valence-electron chi connectivity index (χ0n) is 12.9. The third-order valence-corrected chi connectivity index (χ3v) is 4.83. The monoisotopic (exact) mass is 309 g/mol. The van der Waals surface area contributed by atoms with Crippen LogP contribution in [0, 0.1) is 17.6 Å². The number of carbonyl (C=O) groups excluding carboxylic acids is 1. The molecule has 3 rings (SSSR count). The fraction of sp³-hybridized carbons (Fsp3) is 0.588. The van der Waals surface area contributed by atoms with E-state index >= 15 is 0 Å². The largest absolute Gasteiger partial charge is 0.388 e. The quantitative estimate of drug-likeness (QED) is 0.933. The molecule has 0 aromatic heterocycles. The van der Waals surface area contributed by atoms with Gasteiger partial charge in [0, 0.05) is 23.9 Å². The fourth-order valence-electron chi connectivity index (χ4n) is 3.63. The van der Waals surface area contributed by atoms with Crippen molar-refractivity contribution >= 4 is 5.91 Å². The van der Waals surface area contributed by atoms with Crippen LogP contribution in [0.25, 0.3) is 0 Å². The summed E-state index contributed by atoms with van der Waals surface area (Å²) in [6.45, 7) is 4.00. The van der Waals surface area contributed by atoms with Crippen LogP contribution in [0.2, 0.25) is 0 Å². The van der Waals surface area contributed by atoms with Crippen molar-refractivity contribution in [3.05, 3.63) is 35.4 Å². The molecule has 0 bridgehead atoms. The molecule has 120 valence electrons. The third-order valence-electron chi connectivity index (χ3n) is 4.83. The van der Waals surface area contributed by atoms with Gasteiger partial charge < -0.3 is 10.0 Å². The molecule has 1 aromatic carbocycles. The first-order valence-electron chi connectivity index (χ1n) is 7.77. The Morgan fingerprint density at radius 2 is 1.95 bits per heavy atom. The second kappa shape index (κ2) is 5.30. The first-order valence-corrected chi connectivity index (χ1v) is 7.77. The van der Waals surface area contributed by atoms with Crippen molar-refractivity contribution in [3.8, 4) is 0 Å². The lowest BCUT2D eigenvalue weighted by Gasteiger charge is -2.34. The summed E-state index contributed by atoms with van der Waals surface area (Å²) in [5, 5.41) is 10.2. The van der Waals surface area contributed by atoms with Gasteiger partial charge in [0.25, 0.3) is 0 Å². The second-order valence-electron chi connectivity index (χ2n) is 6.93. The normalized spacial score (nSPS) is 28.0. The molecule has 1 aliphatic heterocycles. The van der Waals surface area contributed by atoms with Crippen LogP contribution in [0.4, 0.5) is 8.78 Å². The Kier molecular flexibility index (Phi) is 3.71. The van der Waals surface area contributed by atoms with E-state index in [1.165, 1.54) is 18.2 Å². The lowest BCUT2D eigenvalue weighted by atomic mass is 9.96. The Morgan fingerprint density at radius 1 is 1.32 bits per heavy atom. The average Bonchev–Trinajstić information content (AvgIpc) is 3.01. The zero-order chi connectivity index (χ0) is 16.1. The summed E-state index contributed by atoms with van der Waals surface area (Å²) in [7, 11) is 0. The van der Waals surface area contributed by atoms with Gasteiger partial charge >= 0.3 is 0 Å². The Hall–Kier alpha value is -1.49. The van der Waals surface area contributed by atoms with Crippen molar-refractivity contribution < 1.29 is 18.7 Å². The predicted molar refractivity (Wildman–Crippen MR) is 78.2 cm³/mol. The van der Waals surface area contributed by atoms with Gasteiger partial charge in [-0.1, -0.05) is 6.07 Å². The molecular weight excluding hydrogens is 288 g/mol. The van der Waals surface area contributed by atoms with Gasteiger partial charge in [-0.3, -0.25) is 4.79 Å². The lowest BCUT2D eigenvalue weighted by Crippen LogP contribution is -2.48. The summed E-state index contributed by atoms with van der Waals surface area (Å²) in [4.78, 5) is 14.3. The predicted octanol–water partition coefficient (Wildman–Crippen LogP) is 2.83. The number of hydrogen-bond acceptors (Lipinski definition) is 2. The molecule has 5 heteroatoms. The van der Waals surface area contributed by atoms with Gasteiger partial charge in [0.15, 0.2) is 0 Å². The highest BCUT2D eigenvalue weighted by atomic mass is 19.1. The number of nitrogens with zero attached hydrogens (tertiary/aromatic N) is 1. The van der Waals surface area contributed by atoms with E-state index in [1.54, 1.807) is 18.7 Å². The number of amides is 1. The van der Waals surface area contributed by atoms with Crippen molar-refractivity contribution in [3.63, 3.8) is 0 Å². The molecule has 2 aliphatic rings. The Balaban J connectivity index is 1.76. The molecule has 3 unspecified atom stereocenters. The molecule has 1 amide bonds. The molecule has 22 heavy (non-hydrogen) atoms. The van der Waals surface area contributed by atoms with Crippen LogP contribution in [-0.4, -0.2) is 34.1 Å². The molecule has 1 aliphatic carbocycles. The molecular formula is C17H21F2NO2. The highest BCUT2D eigenvalue weighted by Gasteiger charge is 2.51. The molecule has 3 atom stereocenters. The fourth-order valence-corrected chi connectivity index (χ4v) is 3.63. The minimum Gasteiger partial charge on any atom is -0.388 e. The summed E-state index contributed by atoms with van der Waals surface area (Å²) < 4.78 is 27.6. The van der Waals surface area contributed by atoms with Gasteiger partial charge in [0.2, 0.25) is 5.91 Å². The number of carbonyl (C=O) groups is 1. The summed E-state index contributed by atoms with van der Waals surface area (Å²) in [5.41, 5.74) is -0.931. The first-order chi connectivity index (χ1) is 10.3. The van der Waals surface area contributed by atoms with Gasteiger partial charge in [-0.25, -0.2) is 8.78 Å². The van der Waals surface area contributed by atoms with E-state index in [9.17, 15) is 18.7 Å². The van der Waals surface area contributed by atoms with Crippen molar-refractivity contribution in [2.75, 3.05) is 6.54 Å². The van der Waals surface area contributed by atoms with E-state index in [1.807, 2.05) is 0 Å². The molecule has 1 N–H and O–H groups in total. The number of likely N-dealkylation sites (tertiary alicyclic amines) is 1. The highest BCUT2D eigenvalue weighted by molar-refractivity contribution is 5.83. The molecule has 1 aromatic rings. The number of hydrogen-bond donors (Lipinski definition) is 1. The molecule has 0 spiro atoms. The maximum Gasteiger partial charge on any atom is 0.226 e. The maximum atomic E-state index is 13.8. The molecule has 1 saturated carbocycles. The van der Waals surface area contributed by atoms with Crippen LogP contribution in [0.1, 0.15) is 44.6 Å². The molecule has 1 saturated heterocycles. The van der Waals surface area contributed by atoms with Crippen molar-refractivity contribution in [1.29, 1.82) is 0 Å². The van der Waals surface area contributed by atoms with Crippen LogP contribution in [0.3, 0.4) is 0 Å². The van der Waals surface area contributed by atoms with Crippen molar-refractivity contribution in [2.24, 2.45) is 5.92 Å². The van der Waals surface area contributed by atoms with Gasteiger partial charge in [-0.05, 0) is 45.2 Å². The van der Waals surface area contributed by atoms with Gasteiger partial charge in [-0.2, -0.15) is 0 Å². The molecule has 1 heterocycles. The zero-order valence-corrected chi connectivity index (χ0v) is 12.9. The lowest BCUT2D eigenvalue weighted by molar-refractivity contribution is -0.138. The van der Waals surface area contributed by atoms with Gasteiger partial charge in [0.05, 0.1) is 11.6 Å². The van der Waals surface area contributed by atoms with Crippen molar-refractivity contribution in [1.82, 2.24) is 4.90 Å². The van der Waals surface area contributed by atoms with Gasteiger partial charge in [0.1, 0.15) is 11.6 Å². The minimum absolute atomic E-state index is 0.0276. The molecule has 2 fully saturated rings. The van der Waals surface area contributed by atoms with Crippen LogP contribution in [0.5, 0.6) is 0 Å². The van der Waals surface area contributed by atoms with Crippen LogP contribution in [-0.2, 0) is 4.79 Å². The van der Waals surface area contributed by atoms with E-state index in [-0.39, 0.29) is 29.3 Å². The highest BCUT2D eigenvalue weighted by Crippen LogP contribution is 2.51. The van der Waals surface area contributed by atoms with E-state index < -0.39 is 17.2 Å². The Morgan fingerprint density at radius 3 is 2.55 bits per heavy atom. The van der Waals surface area contributed by atoms with E-state index in [2.05, 4.69) is 0 Å². The van der Waals surface area contributed by atoms with E-state index in [4.69, 9.17) is 0 Å². The summed E-state index contributed by atoms with van der Waals surface area (Å²) in [6.07, 6.45) is 2.10. The topological polar surface area (TPSA) is 40.5 Å². The van der Waals surface area contributed by atoms with Crippen molar-refractivity contribution in [2.45, 2.75) is 50.7 Å². The first kappa shape index (κ1) is 15.4. The summed E-state index contributed by atoms with van der Waals surface area (Å²) in [6, 6.07) is 3.58. The minimum atomic E-state index is -0.959. The maximum absolute atomic E-state index is 13.8. The Labute approximate surface area is 128 Å². The number of aliphatic hydroxyl groups is 1. The number of halogens is 2. The Bertz CT molecular complexity index is 577. The van der Waals surface area contributed by atoms with Crippen LogP contribution in [0.15, 0.2) is 18.2 Å². The van der Waals surface area contributed by atoms with Crippen LogP contribution >= 0.6 is 0 Å². The van der Waals surface area contributed by atoms with E-state index in [0.717, 1.165) is 12.8 Å². The average molecular weight is 309 g/mol. The number of rotatable bonds is 3. The van der Waals surface area contributed by atoms with Gasteiger partial charge in [-0.15, -0.1) is 0 Å². The standard InChI is InChI=1S/C17H21F2NO2/c1-17(2,22)14-7-4-8-20(14)16(21)11-9-10(11)15-12(18)5-3-6-13(15)19/h3,5-6,10-11,14,22H,4,7-9H2,1-2H3. The summed E-state index contributed by atoms with van der Waals surface area (Å²) in [5.74, 6) is -2.00. The third kappa shape index (κ3) is 2.62. The molecule has 3 nitrogen and oxygen atoms in total. The van der Waals surface area contributed by atoms with Crippen LogP contribution < -0.4 is 0 Å². The van der Waals surface area contributed by atoms with E-state index in [0.29, 0.717) is 13.0 Å². The SMILES string of the molecule is CC(C)(O)C1CCCN1C(=O)C1CC1c1c(F)cccc1F. The molecule has 0 radical (unpaired) electrons. The summed E-state index contributed by atoms with van der Waals surface area (Å²) >= 11 is 0. The second-order valence-corrected chi connectivity index (χ2v) is 6.93. The number of benzene rings is 1. The smallest absolute Gasteiger partial charge is 0.226 e.